The van der Waals surface area contributed by atoms with Crippen LogP contribution in [0.25, 0.3) is 0 Å². The summed E-state index contributed by atoms with van der Waals surface area (Å²) in [5, 5.41) is 11.9. The summed E-state index contributed by atoms with van der Waals surface area (Å²) in [6, 6.07) is 2.29. The average Bonchev–Trinajstić information content (AvgIpc) is 2.02. The maximum atomic E-state index is 11.8. The molecule has 78 valence electrons. The molecule has 0 saturated heterocycles. The van der Waals surface area contributed by atoms with Crippen molar-refractivity contribution in [1.82, 2.24) is 5.32 Å². The molecule has 1 unspecified atom stereocenters. The van der Waals surface area contributed by atoms with Crippen LogP contribution in [0.5, 0.6) is 0 Å². The van der Waals surface area contributed by atoms with Crippen molar-refractivity contribution >= 4 is 5.91 Å². The summed E-state index contributed by atoms with van der Waals surface area (Å²) in [4.78, 5) is 11.8. The zero-order chi connectivity index (χ0) is 10.8. The van der Waals surface area contributed by atoms with E-state index in [1.54, 1.807) is 0 Å². The Labute approximate surface area is 85.5 Å². The van der Waals surface area contributed by atoms with Crippen LogP contribution in [0.1, 0.15) is 40.0 Å². The number of hydrogen-bond donors (Lipinski definition) is 1. The second kappa shape index (κ2) is 4.00. The Kier molecular flexibility index (Phi) is 3.15. The van der Waals surface area contributed by atoms with Gasteiger partial charge in [0.15, 0.2) is 0 Å². The van der Waals surface area contributed by atoms with Gasteiger partial charge in [0, 0.05) is 6.04 Å². The van der Waals surface area contributed by atoms with Crippen LogP contribution in [0.2, 0.25) is 0 Å². The number of carbonyl (C=O) groups is 1. The van der Waals surface area contributed by atoms with Crippen molar-refractivity contribution in [2.24, 2.45) is 11.3 Å². The minimum Gasteiger partial charge on any atom is -0.352 e. The molecule has 3 nitrogen and oxygen atoms in total. The molecule has 0 aromatic heterocycles. The minimum absolute atomic E-state index is 0.0764. The standard InChI is InChI=1S/C11H18N2O/c1-8(2)9(3)13-10(14)11(7-12)5-4-6-11/h8-9H,4-6H2,1-3H3,(H,13,14). The third kappa shape index (κ3) is 1.89. The molecule has 14 heavy (non-hydrogen) atoms. The Morgan fingerprint density at radius 3 is 2.29 bits per heavy atom. The molecule has 0 heterocycles. The first-order chi connectivity index (χ1) is 6.52. The van der Waals surface area contributed by atoms with Crippen molar-refractivity contribution in [3.8, 4) is 6.07 Å². The Morgan fingerprint density at radius 2 is 2.00 bits per heavy atom. The Balaban J connectivity index is 2.54. The molecule has 0 aromatic rings. The molecule has 1 N–H and O–H groups in total. The molecule has 1 saturated carbocycles. The maximum Gasteiger partial charge on any atom is 0.240 e. The predicted molar refractivity (Wildman–Crippen MR) is 54.3 cm³/mol. The van der Waals surface area contributed by atoms with Gasteiger partial charge < -0.3 is 5.32 Å². The molecule has 0 aliphatic heterocycles. The second-order valence-corrected chi connectivity index (χ2v) is 4.55. The van der Waals surface area contributed by atoms with Crippen LogP contribution in [-0.2, 0) is 4.79 Å². The highest BCUT2D eigenvalue weighted by Crippen LogP contribution is 2.40. The van der Waals surface area contributed by atoms with Gasteiger partial charge in [0.05, 0.1) is 6.07 Å². The summed E-state index contributed by atoms with van der Waals surface area (Å²) < 4.78 is 0. The molecule has 1 aliphatic carbocycles. The molecule has 1 atom stereocenters. The summed E-state index contributed by atoms with van der Waals surface area (Å²) in [5.41, 5.74) is -0.705. The fourth-order valence-corrected chi connectivity index (χ4v) is 1.43. The van der Waals surface area contributed by atoms with Crippen LogP contribution in [0.4, 0.5) is 0 Å². The van der Waals surface area contributed by atoms with E-state index >= 15 is 0 Å². The molecule has 0 bridgehead atoms. The third-order valence-electron chi connectivity index (χ3n) is 3.21. The molecule has 0 spiro atoms. The van der Waals surface area contributed by atoms with Gasteiger partial charge in [-0.3, -0.25) is 4.79 Å². The summed E-state index contributed by atoms with van der Waals surface area (Å²) in [7, 11) is 0. The molecular formula is C11H18N2O. The van der Waals surface area contributed by atoms with E-state index in [1.165, 1.54) is 0 Å². The van der Waals surface area contributed by atoms with Gasteiger partial charge in [-0.2, -0.15) is 5.26 Å². The lowest BCUT2D eigenvalue weighted by Crippen LogP contribution is -2.48. The molecule has 1 rings (SSSR count). The monoisotopic (exact) mass is 194 g/mol. The molecule has 0 radical (unpaired) electrons. The van der Waals surface area contributed by atoms with Crippen molar-refractivity contribution < 1.29 is 4.79 Å². The van der Waals surface area contributed by atoms with Gasteiger partial charge in [0.2, 0.25) is 5.91 Å². The van der Waals surface area contributed by atoms with E-state index in [0.29, 0.717) is 5.92 Å². The van der Waals surface area contributed by atoms with Crippen molar-refractivity contribution in [3.63, 3.8) is 0 Å². The van der Waals surface area contributed by atoms with Gasteiger partial charge in [0.1, 0.15) is 5.41 Å². The molecular weight excluding hydrogens is 176 g/mol. The number of nitrogens with zero attached hydrogens (tertiary/aromatic N) is 1. The lowest BCUT2D eigenvalue weighted by Gasteiger charge is -2.35. The minimum atomic E-state index is -0.705. The first kappa shape index (κ1) is 11.0. The van der Waals surface area contributed by atoms with Crippen molar-refractivity contribution in [2.45, 2.75) is 46.1 Å². The fourth-order valence-electron chi connectivity index (χ4n) is 1.43. The smallest absolute Gasteiger partial charge is 0.240 e. The Bertz CT molecular complexity index is 261. The van der Waals surface area contributed by atoms with Crippen LogP contribution >= 0.6 is 0 Å². The molecule has 1 amide bonds. The van der Waals surface area contributed by atoms with E-state index in [9.17, 15) is 4.79 Å². The van der Waals surface area contributed by atoms with E-state index in [1.807, 2.05) is 6.92 Å². The van der Waals surface area contributed by atoms with Crippen LogP contribution < -0.4 is 5.32 Å². The van der Waals surface area contributed by atoms with E-state index in [-0.39, 0.29) is 11.9 Å². The van der Waals surface area contributed by atoms with Crippen molar-refractivity contribution in [1.29, 1.82) is 5.26 Å². The summed E-state index contributed by atoms with van der Waals surface area (Å²) >= 11 is 0. The Hall–Kier alpha value is -1.04. The quantitative estimate of drug-likeness (QED) is 0.745. The lowest BCUT2D eigenvalue weighted by molar-refractivity contribution is -0.132. The topological polar surface area (TPSA) is 52.9 Å². The van der Waals surface area contributed by atoms with Crippen LogP contribution in [0.15, 0.2) is 0 Å². The fraction of sp³-hybridized carbons (Fsp3) is 0.818. The van der Waals surface area contributed by atoms with E-state index < -0.39 is 5.41 Å². The normalized spacial score (nSPS) is 20.8. The summed E-state index contributed by atoms with van der Waals surface area (Å²) in [5.74, 6) is 0.335. The first-order valence-corrected chi connectivity index (χ1v) is 5.24. The van der Waals surface area contributed by atoms with Crippen LogP contribution in [0, 0.1) is 22.7 Å². The molecule has 1 aliphatic rings. The highest BCUT2D eigenvalue weighted by molar-refractivity contribution is 5.86. The summed E-state index contributed by atoms with van der Waals surface area (Å²) in [6.45, 7) is 6.10. The second-order valence-electron chi connectivity index (χ2n) is 4.55. The highest BCUT2D eigenvalue weighted by Gasteiger charge is 2.44. The zero-order valence-corrected chi connectivity index (χ0v) is 9.13. The Morgan fingerprint density at radius 1 is 1.43 bits per heavy atom. The van der Waals surface area contributed by atoms with Gasteiger partial charge in [-0.1, -0.05) is 13.8 Å². The first-order valence-electron chi connectivity index (χ1n) is 5.24. The average molecular weight is 194 g/mol. The van der Waals surface area contributed by atoms with Gasteiger partial charge in [-0.05, 0) is 32.1 Å². The van der Waals surface area contributed by atoms with Gasteiger partial charge >= 0.3 is 0 Å². The van der Waals surface area contributed by atoms with E-state index in [4.69, 9.17) is 5.26 Å². The number of hydrogen-bond acceptors (Lipinski definition) is 2. The van der Waals surface area contributed by atoms with Crippen molar-refractivity contribution in [2.75, 3.05) is 0 Å². The summed E-state index contributed by atoms with van der Waals surface area (Å²) in [6.07, 6.45) is 2.44. The number of rotatable bonds is 3. The molecule has 0 aromatic carbocycles. The van der Waals surface area contributed by atoms with Crippen molar-refractivity contribution in [3.05, 3.63) is 0 Å². The highest BCUT2D eigenvalue weighted by atomic mass is 16.2. The number of amides is 1. The number of nitrogens with one attached hydrogen (secondary N) is 1. The van der Waals surface area contributed by atoms with E-state index in [0.717, 1.165) is 19.3 Å². The largest absolute Gasteiger partial charge is 0.352 e. The predicted octanol–water partition coefficient (Wildman–Crippen LogP) is 1.84. The van der Waals surface area contributed by atoms with Gasteiger partial charge in [-0.25, -0.2) is 0 Å². The van der Waals surface area contributed by atoms with E-state index in [2.05, 4.69) is 25.2 Å². The molecule has 1 fully saturated rings. The van der Waals surface area contributed by atoms with Crippen LogP contribution in [0.3, 0.4) is 0 Å². The third-order valence-corrected chi connectivity index (χ3v) is 3.21. The number of nitriles is 1. The van der Waals surface area contributed by atoms with Gasteiger partial charge in [0.25, 0.3) is 0 Å². The lowest BCUT2D eigenvalue weighted by atomic mass is 9.69. The zero-order valence-electron chi connectivity index (χ0n) is 9.13. The SMILES string of the molecule is CC(C)C(C)NC(=O)C1(C#N)CCC1. The molecule has 3 heteroatoms. The van der Waals surface area contributed by atoms with Gasteiger partial charge in [-0.15, -0.1) is 0 Å². The maximum absolute atomic E-state index is 11.8. The van der Waals surface area contributed by atoms with Crippen LogP contribution in [-0.4, -0.2) is 11.9 Å². The number of carbonyl (C=O) groups excluding carboxylic acids is 1.